The highest BCUT2D eigenvalue weighted by molar-refractivity contribution is 6.33. The Kier molecular flexibility index (Phi) is 8.25. The molecule has 0 aliphatic carbocycles. The molecule has 33 heavy (non-hydrogen) atoms. The normalized spacial score (nSPS) is 13.0. The molecule has 2 atom stereocenters. The van der Waals surface area contributed by atoms with Gasteiger partial charge in [-0.2, -0.15) is 10.5 Å². The fourth-order valence-corrected chi connectivity index (χ4v) is 3.89. The van der Waals surface area contributed by atoms with E-state index in [9.17, 15) is 5.26 Å². The van der Waals surface area contributed by atoms with Crippen molar-refractivity contribution in [2.24, 2.45) is 5.92 Å². The van der Waals surface area contributed by atoms with Crippen molar-refractivity contribution in [1.82, 2.24) is 4.98 Å². The first-order chi connectivity index (χ1) is 16.0. The summed E-state index contributed by atoms with van der Waals surface area (Å²) in [5.41, 5.74) is 5.37. The van der Waals surface area contributed by atoms with Gasteiger partial charge in [0, 0.05) is 11.5 Å². The molecule has 1 aromatic heterocycles. The maximum Gasteiger partial charge on any atom is 0.112 e. The van der Waals surface area contributed by atoms with Crippen LogP contribution in [0.4, 0.5) is 0 Å². The summed E-state index contributed by atoms with van der Waals surface area (Å²) >= 11 is 6.54. The molecular formula is C28H26ClN3O. The summed E-state index contributed by atoms with van der Waals surface area (Å²) in [5, 5.41) is 19.4. The van der Waals surface area contributed by atoms with Crippen LogP contribution in [0.2, 0.25) is 5.02 Å². The minimum atomic E-state index is -0.138. The second-order valence-electron chi connectivity index (χ2n) is 8.00. The van der Waals surface area contributed by atoms with Gasteiger partial charge in [0.25, 0.3) is 0 Å². The summed E-state index contributed by atoms with van der Waals surface area (Å²) in [6.45, 7) is 5.73. The Morgan fingerprint density at radius 2 is 1.70 bits per heavy atom. The standard InChI is InChI=1S/C28H26ClN3O/c1-4-25(14-19(2)16-30)33-18-24(17-31)27-20(3)15-26(29)28(32-27)23-12-10-22(11-13-23)21-8-6-5-7-9-21/h5-13,15,18-19,25H,4,14H2,1-3H3/b24-18+. The highest BCUT2D eigenvalue weighted by atomic mass is 35.5. The average Bonchev–Trinajstić information content (AvgIpc) is 2.85. The van der Waals surface area contributed by atoms with Crippen molar-refractivity contribution in [1.29, 1.82) is 10.5 Å². The molecule has 0 aliphatic heterocycles. The number of nitriles is 2. The smallest absolute Gasteiger partial charge is 0.112 e. The quantitative estimate of drug-likeness (QED) is 0.259. The number of allylic oxidation sites excluding steroid dienone is 1. The Balaban J connectivity index is 1.91. The summed E-state index contributed by atoms with van der Waals surface area (Å²) < 4.78 is 5.86. The van der Waals surface area contributed by atoms with Crippen LogP contribution < -0.4 is 0 Å². The average molecular weight is 456 g/mol. The number of rotatable bonds is 8. The van der Waals surface area contributed by atoms with Crippen LogP contribution in [-0.2, 0) is 4.74 Å². The molecule has 4 nitrogen and oxygen atoms in total. The Hall–Kier alpha value is -3.60. The van der Waals surface area contributed by atoms with E-state index in [4.69, 9.17) is 26.6 Å². The number of hydrogen-bond acceptors (Lipinski definition) is 4. The maximum atomic E-state index is 9.79. The summed E-state index contributed by atoms with van der Waals surface area (Å²) in [6.07, 6.45) is 2.67. The van der Waals surface area contributed by atoms with Crippen LogP contribution >= 0.6 is 11.6 Å². The van der Waals surface area contributed by atoms with Crippen molar-refractivity contribution >= 4 is 17.2 Å². The molecule has 1 heterocycles. The summed E-state index contributed by atoms with van der Waals surface area (Å²) in [6, 6.07) is 24.4. The van der Waals surface area contributed by atoms with E-state index in [1.54, 1.807) is 0 Å². The van der Waals surface area contributed by atoms with Gasteiger partial charge < -0.3 is 4.74 Å². The first kappa shape index (κ1) is 24.1. The van der Waals surface area contributed by atoms with E-state index >= 15 is 0 Å². The molecule has 0 amide bonds. The molecular weight excluding hydrogens is 430 g/mol. The Labute approximate surface area is 200 Å². The minimum absolute atomic E-state index is 0.116. The van der Waals surface area contributed by atoms with E-state index in [0.29, 0.717) is 28.4 Å². The lowest BCUT2D eigenvalue weighted by Gasteiger charge is -2.16. The van der Waals surface area contributed by atoms with Crippen LogP contribution in [0, 0.1) is 35.5 Å². The molecule has 0 bridgehead atoms. The van der Waals surface area contributed by atoms with E-state index < -0.39 is 0 Å². The molecule has 0 fully saturated rings. The molecule has 2 unspecified atom stereocenters. The maximum absolute atomic E-state index is 9.79. The highest BCUT2D eigenvalue weighted by Crippen LogP contribution is 2.32. The zero-order valence-electron chi connectivity index (χ0n) is 19.0. The lowest BCUT2D eigenvalue weighted by Crippen LogP contribution is -2.12. The Morgan fingerprint density at radius 1 is 1.06 bits per heavy atom. The van der Waals surface area contributed by atoms with E-state index in [2.05, 4.69) is 24.3 Å². The van der Waals surface area contributed by atoms with Crippen molar-refractivity contribution in [2.45, 2.75) is 39.7 Å². The summed E-state index contributed by atoms with van der Waals surface area (Å²) in [7, 11) is 0. The molecule has 0 aliphatic rings. The topological polar surface area (TPSA) is 69.7 Å². The largest absolute Gasteiger partial charge is 0.497 e. The molecule has 0 spiro atoms. The molecule has 166 valence electrons. The van der Waals surface area contributed by atoms with Crippen LogP contribution in [0.3, 0.4) is 0 Å². The molecule has 2 aromatic carbocycles. The number of aryl methyl sites for hydroxylation is 1. The molecule has 5 heteroatoms. The number of aromatic nitrogens is 1. The zero-order chi connectivity index (χ0) is 23.8. The lowest BCUT2D eigenvalue weighted by atomic mass is 10.0. The van der Waals surface area contributed by atoms with Crippen molar-refractivity contribution in [3.63, 3.8) is 0 Å². The number of nitrogens with zero attached hydrogens (tertiary/aromatic N) is 3. The fraction of sp³-hybridized carbons (Fsp3) is 0.250. The van der Waals surface area contributed by atoms with Crippen molar-refractivity contribution in [3.8, 4) is 34.5 Å². The molecule has 0 radical (unpaired) electrons. The van der Waals surface area contributed by atoms with Crippen LogP contribution in [0.25, 0.3) is 28.0 Å². The van der Waals surface area contributed by atoms with Crippen LogP contribution in [0.5, 0.6) is 0 Å². The number of benzene rings is 2. The van der Waals surface area contributed by atoms with Gasteiger partial charge in [0.15, 0.2) is 0 Å². The third-order valence-electron chi connectivity index (χ3n) is 5.48. The number of hydrogen-bond donors (Lipinski definition) is 0. The van der Waals surface area contributed by atoms with Gasteiger partial charge >= 0.3 is 0 Å². The number of ether oxygens (including phenoxy) is 1. The Morgan fingerprint density at radius 3 is 2.30 bits per heavy atom. The summed E-state index contributed by atoms with van der Waals surface area (Å²) in [4.78, 5) is 4.74. The van der Waals surface area contributed by atoms with E-state index in [1.807, 2.05) is 69.3 Å². The van der Waals surface area contributed by atoms with Crippen molar-refractivity contribution < 1.29 is 4.74 Å². The zero-order valence-corrected chi connectivity index (χ0v) is 19.8. The molecule has 0 saturated heterocycles. The van der Waals surface area contributed by atoms with Crippen molar-refractivity contribution in [3.05, 3.63) is 83.2 Å². The first-order valence-electron chi connectivity index (χ1n) is 11.0. The first-order valence-corrected chi connectivity index (χ1v) is 11.3. The van der Waals surface area contributed by atoms with E-state index in [1.165, 1.54) is 6.26 Å². The SMILES string of the molecule is CCC(CC(C)C#N)O/C=C(\C#N)c1nc(-c2ccc(-c3ccccc3)cc2)c(Cl)cc1C. The third kappa shape index (κ3) is 6.01. The van der Waals surface area contributed by atoms with Gasteiger partial charge in [0.2, 0.25) is 0 Å². The minimum Gasteiger partial charge on any atom is -0.497 e. The van der Waals surface area contributed by atoms with Crippen molar-refractivity contribution in [2.75, 3.05) is 0 Å². The predicted octanol–water partition coefficient (Wildman–Crippen LogP) is 7.59. The predicted molar refractivity (Wildman–Crippen MR) is 133 cm³/mol. The monoisotopic (exact) mass is 455 g/mol. The van der Waals surface area contributed by atoms with Gasteiger partial charge in [0.05, 0.1) is 28.6 Å². The van der Waals surface area contributed by atoms with Gasteiger partial charge in [-0.15, -0.1) is 0 Å². The molecule has 0 N–H and O–H groups in total. The van der Waals surface area contributed by atoms with Crippen LogP contribution in [0.15, 0.2) is 66.9 Å². The highest BCUT2D eigenvalue weighted by Gasteiger charge is 2.16. The van der Waals surface area contributed by atoms with Gasteiger partial charge in [-0.05, 0) is 49.4 Å². The fourth-order valence-electron chi connectivity index (χ4n) is 3.57. The molecule has 3 aromatic rings. The van der Waals surface area contributed by atoms with E-state index in [0.717, 1.165) is 28.7 Å². The number of pyridine rings is 1. The van der Waals surface area contributed by atoms with Gasteiger partial charge in [-0.3, -0.25) is 0 Å². The van der Waals surface area contributed by atoms with E-state index in [-0.39, 0.29) is 12.0 Å². The third-order valence-corrected chi connectivity index (χ3v) is 5.77. The van der Waals surface area contributed by atoms with Gasteiger partial charge in [0.1, 0.15) is 17.9 Å². The second kappa shape index (κ2) is 11.3. The van der Waals surface area contributed by atoms with Crippen LogP contribution in [-0.4, -0.2) is 11.1 Å². The Bertz CT molecular complexity index is 1200. The summed E-state index contributed by atoms with van der Waals surface area (Å²) in [5.74, 6) is -0.116. The second-order valence-corrected chi connectivity index (χ2v) is 8.41. The molecule has 3 rings (SSSR count). The molecule has 0 saturated carbocycles. The van der Waals surface area contributed by atoms with Gasteiger partial charge in [-0.25, -0.2) is 4.98 Å². The van der Waals surface area contributed by atoms with Crippen LogP contribution in [0.1, 0.15) is 37.9 Å². The number of halogens is 1. The van der Waals surface area contributed by atoms with Gasteiger partial charge in [-0.1, -0.05) is 73.1 Å². The lowest BCUT2D eigenvalue weighted by molar-refractivity contribution is 0.124.